The number of benzene rings is 2. The van der Waals surface area contributed by atoms with Gasteiger partial charge < -0.3 is 9.47 Å². The summed E-state index contributed by atoms with van der Waals surface area (Å²) in [7, 11) is 0. The molecule has 5 nitrogen and oxygen atoms in total. The Kier molecular flexibility index (Phi) is 5.25. The maximum absolute atomic E-state index is 13.4. The van der Waals surface area contributed by atoms with Gasteiger partial charge in [0.1, 0.15) is 0 Å². The Hall–Kier alpha value is -2.73. The summed E-state index contributed by atoms with van der Waals surface area (Å²) in [5.74, 6) is 1.51. The zero-order valence-electron chi connectivity index (χ0n) is 17.0. The van der Waals surface area contributed by atoms with Crippen molar-refractivity contribution >= 4 is 34.6 Å². The number of aryl methyl sites for hydroxylation is 1. The summed E-state index contributed by atoms with van der Waals surface area (Å²) in [4.78, 5) is 20.9. The van der Waals surface area contributed by atoms with Gasteiger partial charge in [-0.25, -0.2) is 4.99 Å². The van der Waals surface area contributed by atoms with Gasteiger partial charge >= 0.3 is 0 Å². The van der Waals surface area contributed by atoms with Gasteiger partial charge in [0.2, 0.25) is 6.79 Å². The minimum absolute atomic E-state index is 0.0513. The average Bonchev–Trinajstić information content (AvgIpc) is 3.34. The van der Waals surface area contributed by atoms with E-state index < -0.39 is 0 Å². The molecule has 2 aromatic carbocycles. The van der Waals surface area contributed by atoms with Gasteiger partial charge in [-0.2, -0.15) is 0 Å². The van der Waals surface area contributed by atoms with Gasteiger partial charge in [0, 0.05) is 6.04 Å². The fourth-order valence-electron chi connectivity index (χ4n) is 4.11. The number of fused-ring (bicyclic) bond motifs is 1. The Morgan fingerprint density at radius 2 is 1.80 bits per heavy atom. The van der Waals surface area contributed by atoms with E-state index in [1.165, 1.54) is 23.7 Å². The molecule has 0 radical (unpaired) electrons. The number of ether oxygens (including phenoxy) is 2. The molecule has 0 N–H and O–H groups in total. The van der Waals surface area contributed by atoms with Crippen LogP contribution in [0.15, 0.2) is 52.4 Å². The van der Waals surface area contributed by atoms with Gasteiger partial charge in [-0.3, -0.25) is 9.69 Å². The number of amides is 1. The number of amidine groups is 1. The Morgan fingerprint density at radius 1 is 1.03 bits per heavy atom. The minimum Gasteiger partial charge on any atom is -0.454 e. The van der Waals surface area contributed by atoms with Crippen LogP contribution in [0.2, 0.25) is 0 Å². The first-order valence-electron chi connectivity index (χ1n) is 10.5. The molecule has 5 rings (SSSR count). The van der Waals surface area contributed by atoms with Crippen molar-refractivity contribution in [2.24, 2.45) is 4.99 Å². The fourth-order valence-corrected chi connectivity index (χ4v) is 5.17. The van der Waals surface area contributed by atoms with Crippen molar-refractivity contribution in [3.63, 3.8) is 0 Å². The molecule has 1 amide bonds. The van der Waals surface area contributed by atoms with Crippen molar-refractivity contribution in [1.29, 1.82) is 0 Å². The molecular weight excluding hydrogens is 396 g/mol. The summed E-state index contributed by atoms with van der Waals surface area (Å²) in [6, 6.07) is 14.1. The summed E-state index contributed by atoms with van der Waals surface area (Å²) in [6.07, 6.45) is 7.59. The van der Waals surface area contributed by atoms with Crippen molar-refractivity contribution in [3.05, 3.63) is 58.5 Å². The zero-order valence-corrected chi connectivity index (χ0v) is 17.8. The maximum atomic E-state index is 13.4. The topological polar surface area (TPSA) is 51.1 Å². The van der Waals surface area contributed by atoms with Crippen molar-refractivity contribution in [2.75, 3.05) is 6.79 Å². The molecular formula is C24H24N2O3S. The molecule has 6 heteroatoms. The lowest BCUT2D eigenvalue weighted by Crippen LogP contribution is -2.40. The summed E-state index contributed by atoms with van der Waals surface area (Å²) >= 11 is 1.46. The van der Waals surface area contributed by atoms with E-state index in [0.717, 1.165) is 53.6 Å². The van der Waals surface area contributed by atoms with Gasteiger partial charge in [0.25, 0.3) is 5.91 Å². The molecule has 2 fully saturated rings. The summed E-state index contributed by atoms with van der Waals surface area (Å²) in [5.41, 5.74) is 3.00. The SMILES string of the molecule is Cc1ccc(N=C2S/C(=C/c3ccc4c(c3)OCO4)C(=O)N2C2CCCCC2)cc1. The standard InChI is InChI=1S/C24H24N2O3S/c1-16-7-10-18(11-8-16)25-24-26(19-5-3-2-4-6-19)23(27)22(30-24)14-17-9-12-20-21(13-17)29-15-28-20/h7-14,19H,2-6,15H2,1H3/b22-14+,25-24?. The van der Waals surface area contributed by atoms with Gasteiger partial charge in [-0.1, -0.05) is 43.0 Å². The second-order valence-corrected chi connectivity index (χ2v) is 8.93. The number of hydrogen-bond acceptors (Lipinski definition) is 5. The van der Waals surface area contributed by atoms with E-state index in [1.54, 1.807) is 0 Å². The molecule has 1 aliphatic carbocycles. The van der Waals surface area contributed by atoms with Crippen molar-refractivity contribution in [2.45, 2.75) is 45.1 Å². The summed E-state index contributed by atoms with van der Waals surface area (Å²) < 4.78 is 10.9. The van der Waals surface area contributed by atoms with E-state index in [0.29, 0.717) is 4.91 Å². The van der Waals surface area contributed by atoms with E-state index in [2.05, 4.69) is 19.1 Å². The quantitative estimate of drug-likeness (QED) is 0.601. The molecule has 0 aromatic heterocycles. The lowest BCUT2D eigenvalue weighted by molar-refractivity contribution is -0.124. The highest BCUT2D eigenvalue weighted by atomic mass is 32.2. The molecule has 2 aromatic rings. The van der Waals surface area contributed by atoms with E-state index in [9.17, 15) is 4.79 Å². The number of nitrogens with zero attached hydrogens (tertiary/aromatic N) is 2. The number of hydrogen-bond donors (Lipinski definition) is 0. The Balaban J connectivity index is 1.49. The van der Waals surface area contributed by atoms with Gasteiger partial charge in [-0.15, -0.1) is 0 Å². The van der Waals surface area contributed by atoms with E-state index in [1.807, 2.05) is 41.3 Å². The van der Waals surface area contributed by atoms with Crippen molar-refractivity contribution in [1.82, 2.24) is 4.90 Å². The van der Waals surface area contributed by atoms with Crippen LogP contribution in [-0.2, 0) is 4.79 Å². The van der Waals surface area contributed by atoms with Crippen molar-refractivity contribution in [3.8, 4) is 11.5 Å². The van der Waals surface area contributed by atoms with Gasteiger partial charge in [0.15, 0.2) is 16.7 Å². The smallest absolute Gasteiger partial charge is 0.267 e. The Morgan fingerprint density at radius 3 is 2.60 bits per heavy atom. The normalized spacial score (nSPS) is 21.8. The van der Waals surface area contributed by atoms with E-state index >= 15 is 0 Å². The fraction of sp³-hybridized carbons (Fsp3) is 0.333. The largest absolute Gasteiger partial charge is 0.454 e. The summed E-state index contributed by atoms with van der Waals surface area (Å²) in [6.45, 7) is 2.30. The van der Waals surface area contributed by atoms with Crippen LogP contribution in [0.3, 0.4) is 0 Å². The Bertz CT molecular complexity index is 1020. The molecule has 30 heavy (non-hydrogen) atoms. The average molecular weight is 421 g/mol. The molecule has 2 aliphatic heterocycles. The molecule has 0 spiro atoms. The van der Waals surface area contributed by atoms with Crippen LogP contribution in [0.5, 0.6) is 11.5 Å². The zero-order chi connectivity index (χ0) is 20.5. The number of thioether (sulfide) groups is 1. The number of carbonyl (C=O) groups is 1. The summed E-state index contributed by atoms with van der Waals surface area (Å²) in [5, 5.41) is 0.780. The second-order valence-electron chi connectivity index (χ2n) is 7.92. The lowest BCUT2D eigenvalue weighted by Gasteiger charge is -2.30. The third-order valence-corrected chi connectivity index (χ3v) is 6.71. The minimum atomic E-state index is 0.0513. The van der Waals surface area contributed by atoms with Gasteiger partial charge in [0.05, 0.1) is 10.6 Å². The monoisotopic (exact) mass is 420 g/mol. The molecule has 0 unspecified atom stereocenters. The van der Waals surface area contributed by atoms with Crippen LogP contribution in [0.25, 0.3) is 6.08 Å². The first kappa shape index (κ1) is 19.2. The van der Waals surface area contributed by atoms with Crippen LogP contribution in [0, 0.1) is 6.92 Å². The first-order valence-corrected chi connectivity index (χ1v) is 11.3. The highest BCUT2D eigenvalue weighted by Crippen LogP contribution is 2.39. The molecule has 0 bridgehead atoms. The highest BCUT2D eigenvalue weighted by molar-refractivity contribution is 8.18. The Labute approximate surface area is 180 Å². The molecule has 2 heterocycles. The third kappa shape index (κ3) is 3.84. The molecule has 154 valence electrons. The molecule has 1 saturated carbocycles. The predicted molar refractivity (Wildman–Crippen MR) is 120 cm³/mol. The lowest BCUT2D eigenvalue weighted by atomic mass is 9.94. The van der Waals surface area contributed by atoms with E-state index in [-0.39, 0.29) is 18.7 Å². The predicted octanol–water partition coefficient (Wildman–Crippen LogP) is 5.66. The number of rotatable bonds is 3. The third-order valence-electron chi connectivity index (χ3n) is 5.73. The van der Waals surface area contributed by atoms with Crippen LogP contribution in [0.4, 0.5) is 5.69 Å². The number of carbonyl (C=O) groups excluding carboxylic acids is 1. The second kappa shape index (κ2) is 8.19. The number of aliphatic imine (C=N–C) groups is 1. The van der Waals surface area contributed by atoms with E-state index in [4.69, 9.17) is 14.5 Å². The highest BCUT2D eigenvalue weighted by Gasteiger charge is 2.38. The van der Waals surface area contributed by atoms with Gasteiger partial charge in [-0.05, 0) is 67.4 Å². The van der Waals surface area contributed by atoms with Crippen LogP contribution in [-0.4, -0.2) is 28.8 Å². The molecule has 3 aliphatic rings. The molecule has 1 saturated heterocycles. The van der Waals surface area contributed by atoms with Crippen molar-refractivity contribution < 1.29 is 14.3 Å². The van der Waals surface area contributed by atoms with Crippen LogP contribution in [0.1, 0.15) is 43.2 Å². The first-order chi connectivity index (χ1) is 14.7. The van der Waals surface area contributed by atoms with Crippen LogP contribution >= 0.6 is 11.8 Å². The molecule has 0 atom stereocenters. The maximum Gasteiger partial charge on any atom is 0.267 e. The van der Waals surface area contributed by atoms with Crippen LogP contribution < -0.4 is 9.47 Å².